The molecule has 2 saturated heterocycles. The first-order chi connectivity index (χ1) is 14.6. The average molecular weight is 410 g/mol. The van der Waals surface area contributed by atoms with Crippen molar-refractivity contribution in [2.24, 2.45) is 11.8 Å². The van der Waals surface area contributed by atoms with Crippen LogP contribution in [0.5, 0.6) is 0 Å². The molecule has 0 N–H and O–H groups in total. The zero-order valence-electron chi connectivity index (χ0n) is 17.2. The third-order valence-corrected chi connectivity index (χ3v) is 6.63. The second kappa shape index (κ2) is 8.00. The van der Waals surface area contributed by atoms with Crippen LogP contribution in [0.4, 0.5) is 9.18 Å². The first kappa shape index (κ1) is 19.5. The van der Waals surface area contributed by atoms with Crippen molar-refractivity contribution in [2.75, 3.05) is 39.9 Å². The maximum absolute atomic E-state index is 13.6. The number of likely N-dealkylation sites (tertiary alicyclic amines) is 1. The van der Waals surface area contributed by atoms with Crippen molar-refractivity contribution in [3.63, 3.8) is 0 Å². The molecule has 2 aromatic rings. The molecule has 6 heteroatoms. The molecular formula is C24H27FN2O3. The Bertz CT molecular complexity index is 905. The molecule has 4 atom stereocenters. The summed E-state index contributed by atoms with van der Waals surface area (Å²) in [5.74, 6) is 0.122. The highest BCUT2D eigenvalue weighted by atomic mass is 19.1. The third kappa shape index (κ3) is 3.59. The lowest BCUT2D eigenvalue weighted by molar-refractivity contribution is -0.127. The smallest absolute Gasteiger partial charge is 0.410 e. The molecule has 0 spiro atoms. The molecule has 0 radical (unpaired) electrons. The summed E-state index contributed by atoms with van der Waals surface area (Å²) in [6.45, 7) is 3.58. The lowest BCUT2D eigenvalue weighted by Crippen LogP contribution is -2.56. The first-order valence-electron chi connectivity index (χ1n) is 10.7. The van der Waals surface area contributed by atoms with Crippen molar-refractivity contribution in [3.05, 3.63) is 71.0 Å². The third-order valence-electron chi connectivity index (χ3n) is 6.63. The number of rotatable bonds is 2. The molecule has 1 unspecified atom stereocenters. The number of hydrogen-bond acceptors (Lipinski definition) is 4. The molecule has 158 valence electrons. The van der Waals surface area contributed by atoms with Gasteiger partial charge in [-0.05, 0) is 42.3 Å². The summed E-state index contributed by atoms with van der Waals surface area (Å²) >= 11 is 0. The second-order valence-electron chi connectivity index (χ2n) is 8.72. The van der Waals surface area contributed by atoms with Crippen LogP contribution in [-0.2, 0) is 15.9 Å². The van der Waals surface area contributed by atoms with Crippen molar-refractivity contribution >= 4 is 6.09 Å². The molecule has 2 fully saturated rings. The van der Waals surface area contributed by atoms with Gasteiger partial charge in [-0.2, -0.15) is 0 Å². The molecule has 3 heterocycles. The predicted molar refractivity (Wildman–Crippen MR) is 111 cm³/mol. The highest BCUT2D eigenvalue weighted by Gasteiger charge is 2.43. The summed E-state index contributed by atoms with van der Waals surface area (Å²) in [5.41, 5.74) is 3.20. The zero-order valence-corrected chi connectivity index (χ0v) is 17.2. The first-order valence-corrected chi connectivity index (χ1v) is 10.7. The number of hydrogen-bond donors (Lipinski definition) is 0. The van der Waals surface area contributed by atoms with Gasteiger partial charge in [0.1, 0.15) is 11.9 Å². The average Bonchev–Trinajstić information content (AvgIpc) is 2.74. The van der Waals surface area contributed by atoms with Gasteiger partial charge in [-0.3, -0.25) is 4.90 Å². The van der Waals surface area contributed by atoms with Crippen molar-refractivity contribution < 1.29 is 18.7 Å². The summed E-state index contributed by atoms with van der Waals surface area (Å²) in [6.07, 6.45) is 0.380. The molecule has 5 nitrogen and oxygen atoms in total. The van der Waals surface area contributed by atoms with Gasteiger partial charge in [-0.1, -0.05) is 36.4 Å². The fraction of sp³-hybridized carbons (Fsp3) is 0.458. The van der Waals surface area contributed by atoms with Gasteiger partial charge in [0.05, 0.1) is 19.3 Å². The van der Waals surface area contributed by atoms with Crippen LogP contribution in [-0.4, -0.2) is 61.9 Å². The van der Waals surface area contributed by atoms with Gasteiger partial charge in [0.25, 0.3) is 0 Å². The van der Waals surface area contributed by atoms with Gasteiger partial charge >= 0.3 is 6.09 Å². The van der Waals surface area contributed by atoms with Gasteiger partial charge in [-0.15, -0.1) is 0 Å². The zero-order chi connectivity index (χ0) is 20.7. The van der Waals surface area contributed by atoms with E-state index in [2.05, 4.69) is 24.1 Å². The summed E-state index contributed by atoms with van der Waals surface area (Å²) in [5, 5.41) is 0. The van der Waals surface area contributed by atoms with E-state index in [1.807, 2.05) is 17.0 Å². The van der Waals surface area contributed by atoms with Crippen LogP contribution < -0.4 is 0 Å². The van der Waals surface area contributed by atoms with E-state index in [1.165, 1.54) is 17.7 Å². The number of ether oxygens (including phenoxy) is 2. The van der Waals surface area contributed by atoms with E-state index >= 15 is 0 Å². The number of carbonyl (C=O) groups is 1. The van der Waals surface area contributed by atoms with Crippen LogP contribution >= 0.6 is 0 Å². The Balaban J connectivity index is 1.43. The molecule has 0 aromatic heterocycles. The Morgan fingerprint density at radius 2 is 1.77 bits per heavy atom. The summed E-state index contributed by atoms with van der Waals surface area (Å²) in [7, 11) is 2.11. The van der Waals surface area contributed by atoms with E-state index in [9.17, 15) is 9.18 Å². The molecule has 5 rings (SSSR count). The van der Waals surface area contributed by atoms with Gasteiger partial charge in [-0.25, -0.2) is 9.18 Å². The molecule has 2 aromatic carbocycles. The minimum Gasteiger partial charge on any atom is -0.445 e. The standard InChI is InChI=1S/C24H27FN2O3/c1-26-12-18-14-29-15-19(13-26)23(18)30-24(28)27-11-10-16-4-2-3-5-21(16)22(27)17-6-8-20(25)9-7-17/h2-9,18-19,22-23H,10-15H2,1H3/t18-,19+,22-,23?/m0/s1. The molecule has 3 aliphatic rings. The van der Waals surface area contributed by atoms with Crippen LogP contribution in [0, 0.1) is 17.7 Å². The second-order valence-corrected chi connectivity index (χ2v) is 8.72. The van der Waals surface area contributed by atoms with Crippen molar-refractivity contribution in [3.8, 4) is 0 Å². The summed E-state index contributed by atoms with van der Waals surface area (Å²) < 4.78 is 25.4. The summed E-state index contributed by atoms with van der Waals surface area (Å²) in [4.78, 5) is 17.5. The van der Waals surface area contributed by atoms with Crippen LogP contribution in [0.25, 0.3) is 0 Å². The van der Waals surface area contributed by atoms with E-state index in [4.69, 9.17) is 9.47 Å². The lowest BCUT2D eigenvalue weighted by atomic mass is 9.85. The predicted octanol–water partition coefficient (Wildman–Crippen LogP) is 3.49. The van der Waals surface area contributed by atoms with Crippen molar-refractivity contribution in [1.82, 2.24) is 9.80 Å². The van der Waals surface area contributed by atoms with Crippen LogP contribution in [0.3, 0.4) is 0 Å². The highest BCUT2D eigenvalue weighted by molar-refractivity contribution is 5.70. The van der Waals surface area contributed by atoms with E-state index in [0.717, 1.165) is 30.6 Å². The number of benzene rings is 2. The molecule has 2 bridgehead atoms. The Morgan fingerprint density at radius 1 is 1.07 bits per heavy atom. The van der Waals surface area contributed by atoms with E-state index in [-0.39, 0.29) is 35.9 Å². The van der Waals surface area contributed by atoms with Gasteiger partial charge in [0.15, 0.2) is 0 Å². The van der Waals surface area contributed by atoms with Crippen LogP contribution in [0.1, 0.15) is 22.7 Å². The summed E-state index contributed by atoms with van der Waals surface area (Å²) in [6, 6.07) is 14.3. The molecule has 0 aliphatic carbocycles. The fourth-order valence-electron chi connectivity index (χ4n) is 5.28. The maximum atomic E-state index is 13.6. The number of fused-ring (bicyclic) bond motifs is 3. The normalized spacial score (nSPS) is 28.7. The van der Waals surface area contributed by atoms with E-state index in [0.29, 0.717) is 19.8 Å². The van der Waals surface area contributed by atoms with Gasteiger partial charge < -0.3 is 14.4 Å². The molecule has 30 heavy (non-hydrogen) atoms. The van der Waals surface area contributed by atoms with Crippen molar-refractivity contribution in [2.45, 2.75) is 18.6 Å². The largest absolute Gasteiger partial charge is 0.445 e. The molecule has 1 amide bonds. The Kier molecular flexibility index (Phi) is 5.21. The Hall–Kier alpha value is -2.44. The maximum Gasteiger partial charge on any atom is 0.410 e. The van der Waals surface area contributed by atoms with Crippen LogP contribution in [0.15, 0.2) is 48.5 Å². The van der Waals surface area contributed by atoms with E-state index in [1.54, 1.807) is 12.1 Å². The Labute approximate surface area is 176 Å². The Morgan fingerprint density at radius 3 is 2.50 bits per heavy atom. The number of nitrogens with zero attached hydrogens (tertiary/aromatic N) is 2. The van der Waals surface area contributed by atoms with Gasteiger partial charge in [0, 0.05) is 31.5 Å². The number of piperidine rings is 1. The topological polar surface area (TPSA) is 42.0 Å². The van der Waals surface area contributed by atoms with E-state index < -0.39 is 0 Å². The minimum absolute atomic E-state index is 0.117. The lowest BCUT2D eigenvalue weighted by Gasteiger charge is -2.46. The molecule has 0 saturated carbocycles. The number of carbonyl (C=O) groups excluding carboxylic acids is 1. The van der Waals surface area contributed by atoms with Crippen LogP contribution in [0.2, 0.25) is 0 Å². The highest BCUT2D eigenvalue weighted by Crippen LogP contribution is 2.37. The molecular weight excluding hydrogens is 383 g/mol. The number of halogens is 1. The fourth-order valence-corrected chi connectivity index (χ4v) is 5.28. The number of amides is 1. The quantitative estimate of drug-likeness (QED) is 0.760. The minimum atomic E-state index is -0.287. The van der Waals surface area contributed by atoms with Gasteiger partial charge in [0.2, 0.25) is 0 Å². The SMILES string of the molecule is CN1C[C@H]2COC[C@@H](C1)C2OC(=O)N1CCc2ccccc2[C@@H]1c1ccc(F)cc1. The molecule has 3 aliphatic heterocycles. The monoisotopic (exact) mass is 410 g/mol. The van der Waals surface area contributed by atoms with Crippen molar-refractivity contribution in [1.29, 1.82) is 0 Å².